The quantitative estimate of drug-likeness (QED) is 0.543. The van der Waals surface area contributed by atoms with Gasteiger partial charge in [-0.25, -0.2) is 0 Å². The van der Waals surface area contributed by atoms with Gasteiger partial charge in [-0.2, -0.15) is 0 Å². The molecule has 3 aliphatic rings. The molecule has 11 heteroatoms. The molecule has 11 nitrogen and oxygen atoms in total. The number of benzene rings is 2. The minimum atomic E-state index is -1.21. The van der Waals surface area contributed by atoms with Gasteiger partial charge in [-0.3, -0.25) is 24.0 Å². The van der Waals surface area contributed by atoms with Crippen molar-refractivity contribution in [3.05, 3.63) is 59.2 Å². The molecule has 1 fully saturated rings. The second-order valence-corrected chi connectivity index (χ2v) is 12.6. The molecule has 2 aromatic carbocycles. The lowest BCUT2D eigenvalue weighted by Crippen LogP contribution is -2.60. The minimum Gasteiger partial charge on any atom is -0.482 e. The second-order valence-electron chi connectivity index (χ2n) is 12.6. The van der Waals surface area contributed by atoms with Gasteiger partial charge in [0.25, 0.3) is 11.8 Å². The summed E-state index contributed by atoms with van der Waals surface area (Å²) < 4.78 is 5.51. The number of nitrogens with zero attached hydrogens (tertiary/aromatic N) is 3. The molecule has 1 aliphatic carbocycles. The van der Waals surface area contributed by atoms with Crippen molar-refractivity contribution in [3.8, 4) is 5.75 Å². The molecule has 0 radical (unpaired) electrons. The molecule has 5 amide bonds. The zero-order valence-electron chi connectivity index (χ0n) is 26.4. The molecular weight excluding hydrogens is 574 g/mol. The number of amides is 5. The standard InChI is InChI=1S/C34H43N5O6/c1-23(2)14-18-38-20-29(40)36-34(15-8-10-24-9-4-5-11-26(24)34)33(44)35-16-6-7-17-39(21-30(38)41)32(43)25-12-13-28-27(19-25)37(3)31(42)22-45-28/h4-5,9,11-13,19,23H,6-8,10,14-18,20-22H2,1-3H3,(H,35,44)(H,36,40). The molecule has 1 saturated heterocycles. The zero-order chi connectivity index (χ0) is 32.1. The van der Waals surface area contributed by atoms with Crippen molar-refractivity contribution >= 4 is 35.2 Å². The molecule has 0 aromatic heterocycles. The van der Waals surface area contributed by atoms with Crippen molar-refractivity contribution in [1.29, 1.82) is 0 Å². The number of nitrogens with one attached hydrogen (secondary N) is 2. The van der Waals surface area contributed by atoms with Gasteiger partial charge in [-0.1, -0.05) is 38.1 Å². The highest BCUT2D eigenvalue weighted by molar-refractivity contribution is 6.02. The summed E-state index contributed by atoms with van der Waals surface area (Å²) in [5, 5.41) is 6.11. The highest BCUT2D eigenvalue weighted by Crippen LogP contribution is 2.36. The largest absolute Gasteiger partial charge is 0.482 e. The van der Waals surface area contributed by atoms with Crippen molar-refractivity contribution in [2.75, 3.05) is 51.3 Å². The highest BCUT2D eigenvalue weighted by Gasteiger charge is 2.44. The molecule has 2 heterocycles. The van der Waals surface area contributed by atoms with Crippen molar-refractivity contribution < 1.29 is 28.7 Å². The van der Waals surface area contributed by atoms with Crippen molar-refractivity contribution in [1.82, 2.24) is 20.4 Å². The van der Waals surface area contributed by atoms with Crippen LogP contribution < -0.4 is 20.3 Å². The summed E-state index contributed by atoms with van der Waals surface area (Å²) in [6, 6.07) is 12.6. The van der Waals surface area contributed by atoms with E-state index < -0.39 is 11.4 Å². The number of carbonyl (C=O) groups is 5. The normalized spacial score (nSPS) is 21.5. The summed E-state index contributed by atoms with van der Waals surface area (Å²) in [4.78, 5) is 71.9. The van der Waals surface area contributed by atoms with Gasteiger partial charge in [0, 0.05) is 32.2 Å². The monoisotopic (exact) mass is 617 g/mol. The Hall–Kier alpha value is -4.41. The Morgan fingerprint density at radius 1 is 1.00 bits per heavy atom. The van der Waals surface area contributed by atoms with Crippen LogP contribution in [-0.2, 0) is 31.1 Å². The van der Waals surface area contributed by atoms with Crippen LogP contribution in [0.1, 0.15) is 67.4 Å². The average molecular weight is 618 g/mol. The van der Waals surface area contributed by atoms with Gasteiger partial charge in [-0.15, -0.1) is 0 Å². The lowest BCUT2D eigenvalue weighted by molar-refractivity contribution is -0.139. The maximum absolute atomic E-state index is 13.8. The first kappa shape index (κ1) is 32.0. The summed E-state index contributed by atoms with van der Waals surface area (Å²) in [5.74, 6) is -0.816. The molecule has 1 unspecified atom stereocenters. The molecule has 2 aliphatic heterocycles. The Morgan fingerprint density at radius 3 is 2.60 bits per heavy atom. The maximum Gasteiger partial charge on any atom is 0.264 e. The molecule has 240 valence electrons. The van der Waals surface area contributed by atoms with Crippen LogP contribution in [0, 0.1) is 5.92 Å². The van der Waals surface area contributed by atoms with E-state index in [2.05, 4.69) is 10.6 Å². The third-order valence-electron chi connectivity index (χ3n) is 8.93. The van der Waals surface area contributed by atoms with Crippen LogP contribution in [0.15, 0.2) is 42.5 Å². The number of aryl methyl sites for hydroxylation is 1. The molecule has 1 atom stereocenters. The smallest absolute Gasteiger partial charge is 0.264 e. The first-order valence-electron chi connectivity index (χ1n) is 15.9. The van der Waals surface area contributed by atoms with Crippen molar-refractivity contribution in [3.63, 3.8) is 0 Å². The average Bonchev–Trinajstić information content (AvgIpc) is 3.03. The van der Waals surface area contributed by atoms with Crippen LogP contribution in [0.2, 0.25) is 0 Å². The maximum atomic E-state index is 13.8. The van der Waals surface area contributed by atoms with Crippen LogP contribution in [0.25, 0.3) is 0 Å². The first-order chi connectivity index (χ1) is 21.6. The topological polar surface area (TPSA) is 128 Å². The number of likely N-dealkylation sites (N-methyl/N-ethyl adjacent to an activating group) is 1. The van der Waals surface area contributed by atoms with Crippen LogP contribution >= 0.6 is 0 Å². The van der Waals surface area contributed by atoms with E-state index in [0.717, 1.165) is 24.0 Å². The van der Waals surface area contributed by atoms with E-state index in [1.54, 1.807) is 25.2 Å². The summed E-state index contributed by atoms with van der Waals surface area (Å²) in [7, 11) is 1.63. The summed E-state index contributed by atoms with van der Waals surface area (Å²) >= 11 is 0. The number of ether oxygens (including phenoxy) is 1. The summed E-state index contributed by atoms with van der Waals surface area (Å²) in [5.41, 5.74) is 1.43. The molecule has 5 rings (SSSR count). The Morgan fingerprint density at radius 2 is 1.80 bits per heavy atom. The van der Waals surface area contributed by atoms with Crippen LogP contribution in [0.5, 0.6) is 5.75 Å². The zero-order valence-corrected chi connectivity index (χ0v) is 26.4. The molecular formula is C34H43N5O6. The van der Waals surface area contributed by atoms with Crippen molar-refractivity contribution in [2.45, 2.75) is 57.9 Å². The lowest BCUT2D eigenvalue weighted by Gasteiger charge is -2.39. The van der Waals surface area contributed by atoms with Gasteiger partial charge in [0.1, 0.15) is 17.8 Å². The SMILES string of the molecule is CC(C)CCN1CC(=O)NC2(CCCc3ccccc32)C(=O)NCCCCN(C(=O)c2ccc3c(c2)N(C)C(=O)CO3)CC1=O. The van der Waals surface area contributed by atoms with E-state index in [0.29, 0.717) is 55.8 Å². The fraction of sp³-hybridized carbons (Fsp3) is 0.500. The minimum absolute atomic E-state index is 0.0681. The van der Waals surface area contributed by atoms with Gasteiger partial charge in [0.15, 0.2) is 6.61 Å². The van der Waals surface area contributed by atoms with Crippen LogP contribution in [0.4, 0.5) is 5.69 Å². The molecule has 2 aromatic rings. The fourth-order valence-corrected chi connectivity index (χ4v) is 6.30. The molecule has 2 N–H and O–H groups in total. The third kappa shape index (κ3) is 6.97. The van der Waals surface area contributed by atoms with E-state index in [4.69, 9.17) is 4.74 Å². The predicted molar refractivity (Wildman–Crippen MR) is 169 cm³/mol. The van der Waals surface area contributed by atoms with Gasteiger partial charge >= 0.3 is 0 Å². The molecule has 0 bridgehead atoms. The number of fused-ring (bicyclic) bond motifs is 3. The van der Waals surface area contributed by atoms with E-state index in [-0.39, 0.29) is 55.8 Å². The second kappa shape index (κ2) is 13.7. The first-order valence-corrected chi connectivity index (χ1v) is 15.9. The molecule has 0 saturated carbocycles. The fourth-order valence-electron chi connectivity index (χ4n) is 6.30. The van der Waals surface area contributed by atoms with Gasteiger partial charge in [0.2, 0.25) is 17.7 Å². The lowest BCUT2D eigenvalue weighted by atomic mass is 9.75. The predicted octanol–water partition coefficient (Wildman–Crippen LogP) is 2.62. The Bertz CT molecular complexity index is 1470. The van der Waals surface area contributed by atoms with E-state index in [1.165, 1.54) is 14.7 Å². The molecule has 45 heavy (non-hydrogen) atoms. The van der Waals surface area contributed by atoms with Crippen molar-refractivity contribution in [2.24, 2.45) is 5.92 Å². The van der Waals surface area contributed by atoms with E-state index in [9.17, 15) is 24.0 Å². The Kier molecular flexibility index (Phi) is 9.74. The highest BCUT2D eigenvalue weighted by atomic mass is 16.5. The Labute approximate surface area is 264 Å². The van der Waals surface area contributed by atoms with Gasteiger partial charge < -0.3 is 30.1 Å². The van der Waals surface area contributed by atoms with Crippen LogP contribution in [0.3, 0.4) is 0 Å². The Balaban J connectivity index is 1.42. The number of rotatable bonds is 4. The van der Waals surface area contributed by atoms with E-state index in [1.807, 2.05) is 38.1 Å². The van der Waals surface area contributed by atoms with Gasteiger partial charge in [-0.05, 0) is 73.8 Å². The number of anilines is 1. The number of carbonyl (C=O) groups excluding carboxylic acids is 5. The van der Waals surface area contributed by atoms with E-state index >= 15 is 0 Å². The number of hydrogen-bond donors (Lipinski definition) is 2. The summed E-state index contributed by atoms with van der Waals surface area (Å²) in [6.07, 6.45) is 3.84. The third-order valence-corrected chi connectivity index (χ3v) is 8.93. The van der Waals surface area contributed by atoms with Gasteiger partial charge in [0.05, 0.1) is 12.2 Å². The summed E-state index contributed by atoms with van der Waals surface area (Å²) in [6.45, 7) is 4.57. The van der Waals surface area contributed by atoms with Crippen LogP contribution in [-0.4, -0.2) is 85.7 Å². The molecule has 1 spiro atoms. The number of hydrogen-bond acceptors (Lipinski definition) is 6.